The molecule has 0 aliphatic rings. The first kappa shape index (κ1) is 18.2. The van der Waals surface area contributed by atoms with Crippen LogP contribution in [0.3, 0.4) is 0 Å². The van der Waals surface area contributed by atoms with Crippen molar-refractivity contribution in [3.63, 3.8) is 0 Å². The van der Waals surface area contributed by atoms with Crippen molar-refractivity contribution in [2.24, 2.45) is 0 Å². The highest BCUT2D eigenvalue weighted by molar-refractivity contribution is 5.32. The van der Waals surface area contributed by atoms with Gasteiger partial charge < -0.3 is 0 Å². The van der Waals surface area contributed by atoms with Gasteiger partial charge >= 0.3 is 0 Å². The molecule has 24 heavy (non-hydrogen) atoms. The zero-order chi connectivity index (χ0) is 18.3. The molecule has 0 amide bonds. The molecule has 130 valence electrons. The van der Waals surface area contributed by atoms with E-state index in [1.54, 1.807) is 0 Å². The minimum Gasteiger partial charge on any atom is -0.204 e. The Kier molecular flexibility index (Phi) is 4.87. The molecule has 2 rings (SSSR count). The molecule has 0 heterocycles. The minimum absolute atomic E-state index is 0.378. The van der Waals surface area contributed by atoms with E-state index >= 15 is 0 Å². The molecule has 0 N–H and O–H groups in total. The predicted octanol–water partition coefficient (Wildman–Crippen LogP) is 5.71. The molecule has 2 aromatic rings. The van der Waals surface area contributed by atoms with Crippen LogP contribution in [0.25, 0.3) is 0 Å². The predicted molar refractivity (Wildman–Crippen MR) is 69.4 cm³/mol. The summed E-state index contributed by atoms with van der Waals surface area (Å²) in [5.41, 5.74) is -1.30. The fourth-order valence-electron chi connectivity index (χ4n) is 2.38. The summed E-state index contributed by atoms with van der Waals surface area (Å²) in [5, 5.41) is 0. The summed E-state index contributed by atoms with van der Waals surface area (Å²) in [5.74, 6) is -17.3. The zero-order valence-corrected chi connectivity index (χ0v) is 12.3. The third kappa shape index (κ3) is 2.85. The van der Waals surface area contributed by atoms with Crippen molar-refractivity contribution in [1.29, 1.82) is 0 Å². The van der Waals surface area contributed by atoms with Crippen LogP contribution in [-0.4, -0.2) is 0 Å². The zero-order valence-electron chi connectivity index (χ0n) is 12.3. The fourth-order valence-corrected chi connectivity index (χ4v) is 2.38. The van der Waals surface area contributed by atoms with Crippen LogP contribution < -0.4 is 0 Å². The Labute approximate surface area is 131 Å². The molecular formula is C16H10F8. The first-order valence-corrected chi connectivity index (χ1v) is 6.73. The van der Waals surface area contributed by atoms with Crippen molar-refractivity contribution in [2.45, 2.75) is 25.7 Å². The van der Waals surface area contributed by atoms with Crippen molar-refractivity contribution in [3.8, 4) is 0 Å². The van der Waals surface area contributed by atoms with Crippen LogP contribution in [0.5, 0.6) is 0 Å². The summed E-state index contributed by atoms with van der Waals surface area (Å²) in [6.07, 6.45) is 0. The van der Waals surface area contributed by atoms with E-state index in [0.717, 1.165) is 0 Å². The van der Waals surface area contributed by atoms with E-state index < -0.39 is 69.5 Å². The molecule has 0 aliphatic heterocycles. The van der Waals surface area contributed by atoms with Gasteiger partial charge in [0.25, 0.3) is 0 Å². The van der Waals surface area contributed by atoms with E-state index in [2.05, 4.69) is 0 Å². The van der Waals surface area contributed by atoms with Crippen molar-refractivity contribution in [1.82, 2.24) is 0 Å². The molecule has 0 saturated heterocycles. The minimum atomic E-state index is -2.05. The van der Waals surface area contributed by atoms with Gasteiger partial charge in [-0.05, 0) is 35.1 Å². The van der Waals surface area contributed by atoms with Crippen LogP contribution in [0, 0.1) is 46.5 Å². The summed E-state index contributed by atoms with van der Waals surface area (Å²) in [7, 11) is 0. The van der Waals surface area contributed by atoms with Gasteiger partial charge in [-0.15, -0.1) is 0 Å². The summed E-state index contributed by atoms with van der Waals surface area (Å²) in [6, 6.07) is 0.756. The highest BCUT2D eigenvalue weighted by Crippen LogP contribution is 2.37. The largest absolute Gasteiger partial charge is 0.204 e. The van der Waals surface area contributed by atoms with Gasteiger partial charge in [0.2, 0.25) is 0 Å². The van der Waals surface area contributed by atoms with Crippen LogP contribution in [0.4, 0.5) is 35.1 Å². The van der Waals surface area contributed by atoms with Crippen molar-refractivity contribution >= 4 is 0 Å². The third-order valence-electron chi connectivity index (χ3n) is 3.99. The van der Waals surface area contributed by atoms with E-state index in [0.29, 0.717) is 12.1 Å². The maximum Gasteiger partial charge on any atom is 0.197 e. The Morgan fingerprint density at radius 2 is 0.792 bits per heavy atom. The van der Waals surface area contributed by atoms with Crippen LogP contribution in [0.2, 0.25) is 0 Å². The van der Waals surface area contributed by atoms with Crippen molar-refractivity contribution in [3.05, 3.63) is 69.8 Å². The van der Waals surface area contributed by atoms with Crippen LogP contribution in [0.1, 0.15) is 36.8 Å². The Hall–Kier alpha value is -2.12. The second-order valence-corrected chi connectivity index (χ2v) is 5.36. The Morgan fingerprint density at radius 3 is 1.08 bits per heavy atom. The van der Waals surface area contributed by atoms with E-state index in [1.807, 2.05) is 0 Å². The number of hydrogen-bond acceptors (Lipinski definition) is 0. The molecule has 2 atom stereocenters. The SMILES string of the molecule is C[C@H](c1cc(F)c(F)c(F)c1F)[C@@H](C)c1cc(F)c(F)c(F)c1F. The molecule has 0 bridgehead atoms. The van der Waals surface area contributed by atoms with Gasteiger partial charge in [0.05, 0.1) is 0 Å². The Bertz CT molecular complexity index is 732. The first-order valence-electron chi connectivity index (χ1n) is 6.73. The Morgan fingerprint density at radius 1 is 0.500 bits per heavy atom. The molecule has 0 nitrogen and oxygen atoms in total. The van der Waals surface area contributed by atoms with Crippen molar-refractivity contribution < 1.29 is 35.1 Å². The van der Waals surface area contributed by atoms with Gasteiger partial charge in [0.15, 0.2) is 46.5 Å². The van der Waals surface area contributed by atoms with Crippen LogP contribution in [-0.2, 0) is 0 Å². The number of hydrogen-bond donors (Lipinski definition) is 0. The number of halogens is 8. The maximum absolute atomic E-state index is 13.8. The molecule has 0 aliphatic carbocycles. The molecule has 0 radical (unpaired) electrons. The van der Waals surface area contributed by atoms with E-state index in [4.69, 9.17) is 0 Å². The lowest BCUT2D eigenvalue weighted by molar-refractivity contribution is 0.388. The summed E-state index contributed by atoms with van der Waals surface area (Å²) >= 11 is 0. The first-order chi connectivity index (χ1) is 11.1. The second-order valence-electron chi connectivity index (χ2n) is 5.36. The quantitative estimate of drug-likeness (QED) is 0.376. The normalized spacial score (nSPS) is 13.9. The molecule has 0 aromatic heterocycles. The smallest absolute Gasteiger partial charge is 0.197 e. The van der Waals surface area contributed by atoms with Gasteiger partial charge in [0, 0.05) is 0 Å². The van der Waals surface area contributed by atoms with E-state index in [9.17, 15) is 35.1 Å². The van der Waals surface area contributed by atoms with Crippen molar-refractivity contribution in [2.75, 3.05) is 0 Å². The van der Waals surface area contributed by atoms with Gasteiger partial charge in [0.1, 0.15) is 0 Å². The molecule has 0 saturated carbocycles. The van der Waals surface area contributed by atoms with Crippen LogP contribution >= 0.6 is 0 Å². The Balaban J connectivity index is 2.54. The number of benzene rings is 2. The van der Waals surface area contributed by atoms with Gasteiger partial charge in [-0.2, -0.15) is 0 Å². The number of rotatable bonds is 3. The molecule has 2 aromatic carbocycles. The lowest BCUT2D eigenvalue weighted by atomic mass is 9.83. The molecule has 8 heteroatoms. The van der Waals surface area contributed by atoms with E-state index in [-0.39, 0.29) is 0 Å². The van der Waals surface area contributed by atoms with Crippen LogP contribution in [0.15, 0.2) is 12.1 Å². The highest BCUT2D eigenvalue weighted by Gasteiger charge is 2.29. The third-order valence-corrected chi connectivity index (χ3v) is 3.99. The van der Waals surface area contributed by atoms with Gasteiger partial charge in [-0.1, -0.05) is 13.8 Å². The molecule has 0 unspecified atom stereocenters. The van der Waals surface area contributed by atoms with Gasteiger partial charge in [-0.25, -0.2) is 35.1 Å². The molecule has 0 spiro atoms. The average molecular weight is 354 g/mol. The fraction of sp³-hybridized carbons (Fsp3) is 0.250. The molecule has 0 fully saturated rings. The summed E-state index contributed by atoms with van der Waals surface area (Å²) in [6.45, 7) is 2.39. The highest BCUT2D eigenvalue weighted by atomic mass is 19.2. The summed E-state index contributed by atoms with van der Waals surface area (Å²) in [4.78, 5) is 0. The second kappa shape index (κ2) is 6.41. The topological polar surface area (TPSA) is 0 Å². The lowest BCUT2D eigenvalue weighted by Gasteiger charge is -2.22. The average Bonchev–Trinajstić information content (AvgIpc) is 2.56. The molecular weight excluding hydrogens is 344 g/mol. The maximum atomic E-state index is 13.8. The standard InChI is InChI=1S/C16H10F8/c1-5(7-3-9(17)13(21)15(23)11(7)19)6(2)8-4-10(18)14(22)16(24)12(8)20/h3-6H,1-2H3/t5-,6+. The lowest BCUT2D eigenvalue weighted by Crippen LogP contribution is -2.13. The van der Waals surface area contributed by atoms with E-state index in [1.165, 1.54) is 13.8 Å². The monoisotopic (exact) mass is 354 g/mol. The summed E-state index contributed by atoms with van der Waals surface area (Å²) < 4.78 is 107. The van der Waals surface area contributed by atoms with Gasteiger partial charge in [-0.3, -0.25) is 0 Å².